The van der Waals surface area contributed by atoms with Gasteiger partial charge in [0.2, 0.25) is 5.95 Å². The minimum atomic E-state index is 0.712. The van der Waals surface area contributed by atoms with Gasteiger partial charge in [0.1, 0.15) is 5.82 Å². The van der Waals surface area contributed by atoms with Crippen molar-refractivity contribution in [1.82, 2.24) is 15.0 Å². The molecule has 3 rings (SSSR count). The van der Waals surface area contributed by atoms with Crippen LogP contribution in [0.5, 0.6) is 0 Å². The Balaban J connectivity index is 1.63. The maximum Gasteiger partial charge on any atom is 0.227 e. The van der Waals surface area contributed by atoms with Gasteiger partial charge in [-0.15, -0.1) is 0 Å². The summed E-state index contributed by atoms with van der Waals surface area (Å²) in [6.07, 6.45) is 7.40. The summed E-state index contributed by atoms with van der Waals surface area (Å²) in [7, 11) is 2.01. The quantitative estimate of drug-likeness (QED) is 0.711. The fraction of sp³-hybridized carbons (Fsp3) is 0.250. The first-order valence-electron chi connectivity index (χ1n) is 8.53. The number of nitrogens with one attached hydrogen (secondary N) is 1. The van der Waals surface area contributed by atoms with E-state index in [0.717, 1.165) is 30.9 Å². The van der Waals surface area contributed by atoms with Crippen LogP contribution in [0.1, 0.15) is 18.1 Å². The number of pyridine rings is 1. The number of anilines is 3. The second-order valence-electron chi connectivity index (χ2n) is 5.94. The van der Waals surface area contributed by atoms with Crippen LogP contribution in [0.4, 0.5) is 17.5 Å². The topological polar surface area (TPSA) is 53.9 Å². The molecule has 0 fully saturated rings. The van der Waals surface area contributed by atoms with E-state index in [1.165, 1.54) is 11.1 Å². The van der Waals surface area contributed by atoms with Crippen molar-refractivity contribution in [2.75, 3.05) is 23.8 Å². The number of aromatic nitrogens is 3. The Morgan fingerprint density at radius 1 is 0.920 bits per heavy atom. The highest BCUT2D eigenvalue weighted by atomic mass is 15.2. The fourth-order valence-corrected chi connectivity index (χ4v) is 2.52. The van der Waals surface area contributed by atoms with Crippen LogP contribution in [0.2, 0.25) is 0 Å². The molecule has 5 nitrogen and oxygen atoms in total. The van der Waals surface area contributed by atoms with Gasteiger partial charge in [-0.1, -0.05) is 19.1 Å². The van der Waals surface area contributed by atoms with Crippen molar-refractivity contribution in [2.24, 2.45) is 0 Å². The van der Waals surface area contributed by atoms with Gasteiger partial charge in [-0.3, -0.25) is 4.98 Å². The molecule has 0 aliphatic rings. The highest BCUT2D eigenvalue weighted by Crippen LogP contribution is 2.17. The molecule has 2 aromatic heterocycles. The van der Waals surface area contributed by atoms with E-state index in [4.69, 9.17) is 0 Å². The molecule has 3 aromatic rings. The molecule has 1 aromatic carbocycles. The molecule has 0 spiro atoms. The average Bonchev–Trinajstić information content (AvgIpc) is 2.68. The zero-order valence-electron chi connectivity index (χ0n) is 14.7. The van der Waals surface area contributed by atoms with E-state index in [1.54, 1.807) is 6.20 Å². The van der Waals surface area contributed by atoms with Crippen LogP contribution in [0.25, 0.3) is 0 Å². The smallest absolute Gasteiger partial charge is 0.227 e. The molecule has 0 saturated carbocycles. The zero-order valence-corrected chi connectivity index (χ0v) is 14.7. The molecule has 1 N–H and O–H groups in total. The normalized spacial score (nSPS) is 10.5. The summed E-state index contributed by atoms with van der Waals surface area (Å²) in [6.45, 7) is 3.00. The van der Waals surface area contributed by atoms with Crippen molar-refractivity contribution in [1.29, 1.82) is 0 Å². The highest BCUT2D eigenvalue weighted by molar-refractivity contribution is 5.57. The summed E-state index contributed by atoms with van der Waals surface area (Å²) >= 11 is 0. The van der Waals surface area contributed by atoms with Crippen LogP contribution in [0.15, 0.2) is 61.1 Å². The van der Waals surface area contributed by atoms with E-state index in [-0.39, 0.29) is 0 Å². The van der Waals surface area contributed by atoms with Crippen LogP contribution in [-0.4, -0.2) is 28.5 Å². The van der Waals surface area contributed by atoms with Gasteiger partial charge >= 0.3 is 0 Å². The van der Waals surface area contributed by atoms with Crippen LogP contribution >= 0.6 is 0 Å². The van der Waals surface area contributed by atoms with Crippen molar-refractivity contribution in [2.45, 2.75) is 19.8 Å². The predicted molar refractivity (Wildman–Crippen MR) is 102 cm³/mol. The van der Waals surface area contributed by atoms with Crippen molar-refractivity contribution in [3.63, 3.8) is 0 Å². The minimum Gasteiger partial charge on any atom is -0.343 e. The molecule has 0 atom stereocenters. The third-order valence-corrected chi connectivity index (χ3v) is 4.10. The van der Waals surface area contributed by atoms with E-state index in [0.29, 0.717) is 5.95 Å². The van der Waals surface area contributed by atoms with Crippen molar-refractivity contribution >= 4 is 17.5 Å². The molecule has 5 heteroatoms. The van der Waals surface area contributed by atoms with Gasteiger partial charge in [-0.2, -0.15) is 4.98 Å². The molecule has 0 aliphatic heterocycles. The molecular formula is C20H23N5. The van der Waals surface area contributed by atoms with Gasteiger partial charge < -0.3 is 10.2 Å². The lowest BCUT2D eigenvalue weighted by molar-refractivity contribution is 0.837. The van der Waals surface area contributed by atoms with E-state index in [2.05, 4.69) is 56.4 Å². The Hall–Kier alpha value is -2.95. The standard InChI is InChI=1S/C20H23N5/c1-3-16-4-6-18(7-5-16)23-19-10-14-22-20(24-19)25(2)15-11-17-8-12-21-13-9-17/h4-10,12-14H,3,11,15H2,1-2H3,(H,22,23,24). The number of rotatable bonds is 7. The molecule has 2 heterocycles. The largest absolute Gasteiger partial charge is 0.343 e. The molecule has 0 unspecified atom stereocenters. The third kappa shape index (κ3) is 4.76. The van der Waals surface area contributed by atoms with E-state index in [1.807, 2.05) is 37.6 Å². The molecule has 128 valence electrons. The molecule has 0 amide bonds. The van der Waals surface area contributed by atoms with Gasteiger partial charge in [-0.25, -0.2) is 4.98 Å². The van der Waals surface area contributed by atoms with E-state index in [9.17, 15) is 0 Å². The van der Waals surface area contributed by atoms with Gasteiger partial charge in [0.25, 0.3) is 0 Å². The fourth-order valence-electron chi connectivity index (χ4n) is 2.52. The number of benzene rings is 1. The first-order valence-corrected chi connectivity index (χ1v) is 8.53. The lowest BCUT2D eigenvalue weighted by Crippen LogP contribution is -2.22. The SMILES string of the molecule is CCc1ccc(Nc2ccnc(N(C)CCc3ccncc3)n2)cc1. The summed E-state index contributed by atoms with van der Waals surface area (Å²) in [5, 5.41) is 3.34. The number of nitrogens with zero attached hydrogens (tertiary/aromatic N) is 4. The van der Waals surface area contributed by atoms with Gasteiger partial charge in [0, 0.05) is 37.9 Å². The molecule has 0 aliphatic carbocycles. The van der Waals surface area contributed by atoms with Gasteiger partial charge in [0.15, 0.2) is 0 Å². The lowest BCUT2D eigenvalue weighted by atomic mass is 10.1. The molecule has 0 bridgehead atoms. The maximum absolute atomic E-state index is 4.61. The van der Waals surface area contributed by atoms with Crippen LogP contribution in [-0.2, 0) is 12.8 Å². The second kappa shape index (κ2) is 8.24. The summed E-state index contributed by atoms with van der Waals surface area (Å²) in [5.74, 6) is 1.51. The third-order valence-electron chi connectivity index (χ3n) is 4.10. The van der Waals surface area contributed by atoms with Crippen molar-refractivity contribution < 1.29 is 0 Å². The minimum absolute atomic E-state index is 0.712. The van der Waals surface area contributed by atoms with Gasteiger partial charge in [0.05, 0.1) is 0 Å². The summed E-state index contributed by atoms with van der Waals surface area (Å²) < 4.78 is 0. The first kappa shape index (κ1) is 16.9. The lowest BCUT2D eigenvalue weighted by Gasteiger charge is -2.17. The summed E-state index contributed by atoms with van der Waals surface area (Å²) in [6, 6.07) is 14.4. The monoisotopic (exact) mass is 333 g/mol. The maximum atomic E-state index is 4.61. The van der Waals surface area contributed by atoms with E-state index < -0.39 is 0 Å². The summed E-state index contributed by atoms with van der Waals surface area (Å²) in [5.41, 5.74) is 3.61. The second-order valence-corrected chi connectivity index (χ2v) is 5.94. The van der Waals surface area contributed by atoms with Crippen LogP contribution < -0.4 is 10.2 Å². The molecule has 25 heavy (non-hydrogen) atoms. The van der Waals surface area contributed by atoms with Gasteiger partial charge in [-0.05, 0) is 54.3 Å². The first-order chi connectivity index (χ1) is 12.2. The Labute approximate surface area is 148 Å². The Morgan fingerprint density at radius 2 is 1.68 bits per heavy atom. The Morgan fingerprint density at radius 3 is 2.40 bits per heavy atom. The Bertz CT molecular complexity index is 787. The number of likely N-dealkylation sites (N-methyl/N-ethyl adjacent to an activating group) is 1. The van der Waals surface area contributed by atoms with Crippen LogP contribution in [0.3, 0.4) is 0 Å². The van der Waals surface area contributed by atoms with Crippen molar-refractivity contribution in [3.8, 4) is 0 Å². The summed E-state index contributed by atoms with van der Waals surface area (Å²) in [4.78, 5) is 15.1. The predicted octanol–water partition coefficient (Wildman–Crippen LogP) is 3.86. The molecular weight excluding hydrogens is 310 g/mol. The molecule has 0 radical (unpaired) electrons. The Kier molecular flexibility index (Phi) is 5.57. The van der Waals surface area contributed by atoms with Crippen LogP contribution in [0, 0.1) is 0 Å². The average molecular weight is 333 g/mol. The van der Waals surface area contributed by atoms with Crippen molar-refractivity contribution in [3.05, 3.63) is 72.2 Å². The zero-order chi connectivity index (χ0) is 17.5. The molecule has 0 saturated heterocycles. The highest BCUT2D eigenvalue weighted by Gasteiger charge is 2.06. The number of aryl methyl sites for hydroxylation is 1. The van der Waals surface area contributed by atoms with E-state index >= 15 is 0 Å². The number of hydrogen-bond acceptors (Lipinski definition) is 5. The number of hydrogen-bond donors (Lipinski definition) is 1.